The van der Waals surface area contributed by atoms with E-state index in [2.05, 4.69) is 5.92 Å². The standard InChI is InChI=1S/C15H16N2O3/c1-3-8-16(10-12-4-5-12)15(18)14-7-6-13(17(19)20)9-11(14)2/h1,6-7,9,12H,4-5,8,10H2,2H3. The number of nitrogens with zero attached hydrogens (tertiary/aromatic N) is 2. The van der Waals surface area contributed by atoms with E-state index in [1.54, 1.807) is 11.8 Å². The molecule has 1 fully saturated rings. The van der Waals surface area contributed by atoms with E-state index in [0.717, 1.165) is 12.8 Å². The highest BCUT2D eigenvalue weighted by Crippen LogP contribution is 2.30. The lowest BCUT2D eigenvalue weighted by molar-refractivity contribution is -0.384. The molecule has 20 heavy (non-hydrogen) atoms. The largest absolute Gasteiger partial charge is 0.327 e. The molecule has 5 heteroatoms. The second-order valence-corrected chi connectivity index (χ2v) is 5.09. The Bertz CT molecular complexity index is 585. The normalized spacial score (nSPS) is 13.6. The predicted molar refractivity (Wildman–Crippen MR) is 75.3 cm³/mol. The lowest BCUT2D eigenvalue weighted by Crippen LogP contribution is -2.33. The first-order valence-electron chi connectivity index (χ1n) is 6.50. The summed E-state index contributed by atoms with van der Waals surface area (Å²) < 4.78 is 0. The van der Waals surface area contributed by atoms with Crippen molar-refractivity contribution in [1.29, 1.82) is 0 Å². The third-order valence-corrected chi connectivity index (χ3v) is 3.40. The minimum atomic E-state index is -0.468. The van der Waals surface area contributed by atoms with Gasteiger partial charge in [-0.2, -0.15) is 0 Å². The van der Waals surface area contributed by atoms with Gasteiger partial charge in [-0.05, 0) is 37.3 Å². The van der Waals surface area contributed by atoms with E-state index >= 15 is 0 Å². The maximum Gasteiger partial charge on any atom is 0.269 e. The molecule has 0 atom stereocenters. The van der Waals surface area contributed by atoms with Crippen LogP contribution in [0.25, 0.3) is 0 Å². The van der Waals surface area contributed by atoms with Gasteiger partial charge in [0.25, 0.3) is 11.6 Å². The van der Waals surface area contributed by atoms with Crippen LogP contribution in [0.1, 0.15) is 28.8 Å². The Kier molecular flexibility index (Phi) is 4.04. The van der Waals surface area contributed by atoms with E-state index in [1.807, 2.05) is 0 Å². The van der Waals surface area contributed by atoms with E-state index in [9.17, 15) is 14.9 Å². The van der Waals surface area contributed by atoms with Crippen molar-refractivity contribution < 1.29 is 9.72 Å². The summed E-state index contributed by atoms with van der Waals surface area (Å²) >= 11 is 0. The number of benzene rings is 1. The predicted octanol–water partition coefficient (Wildman–Crippen LogP) is 2.39. The molecule has 0 aromatic heterocycles. The number of carbonyl (C=O) groups excluding carboxylic acids is 1. The Balaban J connectivity index is 2.21. The summed E-state index contributed by atoms with van der Waals surface area (Å²) in [6, 6.07) is 4.27. The van der Waals surface area contributed by atoms with Crippen molar-refractivity contribution in [2.75, 3.05) is 13.1 Å². The minimum Gasteiger partial charge on any atom is -0.327 e. The van der Waals surface area contributed by atoms with Gasteiger partial charge in [0.1, 0.15) is 0 Å². The van der Waals surface area contributed by atoms with Crippen LogP contribution in [0.15, 0.2) is 18.2 Å². The Hall–Kier alpha value is -2.35. The first kappa shape index (κ1) is 14.1. The SMILES string of the molecule is C#CCN(CC1CC1)C(=O)c1ccc([N+](=O)[O-])cc1C. The number of aryl methyl sites for hydroxylation is 1. The summed E-state index contributed by atoms with van der Waals surface area (Å²) in [4.78, 5) is 24.3. The van der Waals surface area contributed by atoms with Gasteiger partial charge >= 0.3 is 0 Å². The van der Waals surface area contributed by atoms with Gasteiger partial charge < -0.3 is 4.90 Å². The molecular weight excluding hydrogens is 256 g/mol. The summed E-state index contributed by atoms with van der Waals surface area (Å²) in [5, 5.41) is 10.7. The number of hydrogen-bond acceptors (Lipinski definition) is 3. The van der Waals surface area contributed by atoms with Gasteiger partial charge in [-0.3, -0.25) is 14.9 Å². The number of rotatable bonds is 5. The van der Waals surface area contributed by atoms with Crippen molar-refractivity contribution in [2.24, 2.45) is 5.92 Å². The van der Waals surface area contributed by atoms with Crippen molar-refractivity contribution in [1.82, 2.24) is 4.90 Å². The number of carbonyl (C=O) groups is 1. The molecule has 1 saturated carbocycles. The van der Waals surface area contributed by atoms with E-state index in [4.69, 9.17) is 6.42 Å². The molecule has 0 spiro atoms. The van der Waals surface area contributed by atoms with Crippen molar-refractivity contribution in [2.45, 2.75) is 19.8 Å². The van der Waals surface area contributed by atoms with Gasteiger partial charge in [0.05, 0.1) is 11.5 Å². The van der Waals surface area contributed by atoms with Gasteiger partial charge in [-0.15, -0.1) is 6.42 Å². The average Bonchev–Trinajstić information content (AvgIpc) is 3.21. The highest BCUT2D eigenvalue weighted by molar-refractivity contribution is 5.96. The molecular formula is C15H16N2O3. The van der Waals surface area contributed by atoms with Crippen molar-refractivity contribution in [3.63, 3.8) is 0 Å². The second kappa shape index (κ2) is 5.74. The molecule has 0 saturated heterocycles. The van der Waals surface area contributed by atoms with E-state index in [0.29, 0.717) is 23.6 Å². The molecule has 1 amide bonds. The Morgan fingerprint density at radius 1 is 1.55 bits per heavy atom. The number of nitro groups is 1. The zero-order valence-corrected chi connectivity index (χ0v) is 11.3. The third-order valence-electron chi connectivity index (χ3n) is 3.40. The van der Waals surface area contributed by atoms with E-state index < -0.39 is 4.92 Å². The summed E-state index contributed by atoms with van der Waals surface area (Å²) in [5.74, 6) is 2.89. The number of nitro benzene ring substituents is 1. The number of non-ortho nitro benzene ring substituents is 1. The third kappa shape index (κ3) is 3.15. The van der Waals surface area contributed by atoms with Crippen molar-refractivity contribution in [3.8, 4) is 12.3 Å². The van der Waals surface area contributed by atoms with Crippen LogP contribution in [-0.4, -0.2) is 28.8 Å². The van der Waals surface area contributed by atoms with Crippen LogP contribution in [0.3, 0.4) is 0 Å². The molecule has 0 N–H and O–H groups in total. The first-order valence-corrected chi connectivity index (χ1v) is 6.50. The molecule has 0 heterocycles. The quantitative estimate of drug-likeness (QED) is 0.469. The molecule has 104 valence electrons. The summed E-state index contributed by atoms with van der Waals surface area (Å²) in [6.07, 6.45) is 7.58. The molecule has 1 aliphatic carbocycles. The van der Waals surface area contributed by atoms with Gasteiger partial charge in [-0.25, -0.2) is 0 Å². The first-order chi connectivity index (χ1) is 9.52. The fourth-order valence-electron chi connectivity index (χ4n) is 2.11. The molecule has 1 aromatic carbocycles. The molecule has 5 nitrogen and oxygen atoms in total. The zero-order chi connectivity index (χ0) is 14.7. The Morgan fingerprint density at radius 2 is 2.25 bits per heavy atom. The topological polar surface area (TPSA) is 63.5 Å². The molecule has 0 aliphatic heterocycles. The molecule has 1 aromatic rings. The van der Waals surface area contributed by atoms with Crippen LogP contribution < -0.4 is 0 Å². The van der Waals surface area contributed by atoms with Crippen LogP contribution in [0.4, 0.5) is 5.69 Å². The average molecular weight is 272 g/mol. The van der Waals surface area contributed by atoms with Crippen LogP contribution in [0, 0.1) is 35.3 Å². The maximum atomic E-state index is 12.5. The van der Waals surface area contributed by atoms with Crippen LogP contribution in [0.5, 0.6) is 0 Å². The Labute approximate surface area is 117 Å². The minimum absolute atomic E-state index is 0.00950. The van der Waals surface area contributed by atoms with E-state index in [1.165, 1.54) is 18.2 Å². The van der Waals surface area contributed by atoms with Gasteiger partial charge in [0.2, 0.25) is 0 Å². The molecule has 0 radical (unpaired) electrons. The van der Waals surface area contributed by atoms with Crippen molar-refractivity contribution >= 4 is 11.6 Å². The maximum absolute atomic E-state index is 12.5. The number of amides is 1. The molecule has 0 bridgehead atoms. The summed E-state index contributed by atoms with van der Waals surface area (Å²) in [7, 11) is 0. The monoisotopic (exact) mass is 272 g/mol. The molecule has 1 aliphatic rings. The van der Waals surface area contributed by atoms with Crippen LogP contribution >= 0.6 is 0 Å². The highest BCUT2D eigenvalue weighted by atomic mass is 16.6. The lowest BCUT2D eigenvalue weighted by Gasteiger charge is -2.21. The fourth-order valence-corrected chi connectivity index (χ4v) is 2.11. The molecule has 0 unspecified atom stereocenters. The lowest BCUT2D eigenvalue weighted by atomic mass is 10.1. The van der Waals surface area contributed by atoms with Gasteiger partial charge in [0.15, 0.2) is 0 Å². The Morgan fingerprint density at radius 3 is 2.75 bits per heavy atom. The van der Waals surface area contributed by atoms with Gasteiger partial charge in [-0.1, -0.05) is 5.92 Å². The summed E-state index contributed by atoms with van der Waals surface area (Å²) in [5.41, 5.74) is 1.07. The van der Waals surface area contributed by atoms with Crippen molar-refractivity contribution in [3.05, 3.63) is 39.4 Å². The highest BCUT2D eigenvalue weighted by Gasteiger charge is 2.27. The van der Waals surface area contributed by atoms with Crippen LogP contribution in [0.2, 0.25) is 0 Å². The van der Waals surface area contributed by atoms with E-state index in [-0.39, 0.29) is 18.1 Å². The summed E-state index contributed by atoms with van der Waals surface area (Å²) in [6.45, 7) is 2.64. The zero-order valence-electron chi connectivity index (χ0n) is 11.3. The molecule has 2 rings (SSSR count). The second-order valence-electron chi connectivity index (χ2n) is 5.09. The fraction of sp³-hybridized carbons (Fsp3) is 0.400. The number of terminal acetylenes is 1. The smallest absolute Gasteiger partial charge is 0.269 e. The number of hydrogen-bond donors (Lipinski definition) is 0. The van der Waals surface area contributed by atoms with Gasteiger partial charge in [0, 0.05) is 24.2 Å². The van der Waals surface area contributed by atoms with Crippen LogP contribution in [-0.2, 0) is 0 Å².